The van der Waals surface area contributed by atoms with E-state index in [0.29, 0.717) is 5.75 Å². The minimum absolute atomic E-state index is 0.00499. The van der Waals surface area contributed by atoms with Crippen LogP contribution in [-0.4, -0.2) is 63.6 Å². The van der Waals surface area contributed by atoms with Crippen LogP contribution in [0.4, 0.5) is 0 Å². The molecule has 166 valence electrons. The molecule has 2 aromatic carbocycles. The molecule has 2 rings (SSSR count). The third-order valence-corrected chi connectivity index (χ3v) is 6.48. The number of aliphatic hydroxyl groups is 2. The number of aliphatic hydroxyl groups excluding tert-OH is 2. The number of alkyl halides is 1. The zero-order chi connectivity index (χ0) is 22.3. The summed E-state index contributed by atoms with van der Waals surface area (Å²) in [6.07, 6.45) is -1.72. The molecule has 0 saturated carbocycles. The lowest BCUT2D eigenvalue weighted by Crippen LogP contribution is -2.22. The average Bonchev–Trinajstić information content (AvgIpc) is 2.71. The van der Waals surface area contributed by atoms with E-state index in [1.807, 2.05) is 0 Å². The number of hydrogen-bond donors (Lipinski definition) is 2. The molecule has 0 heterocycles. The lowest BCUT2D eigenvalue weighted by molar-refractivity contribution is 0.0325. The van der Waals surface area contributed by atoms with Crippen LogP contribution in [0.2, 0.25) is 10.0 Å². The molecule has 0 bridgehead atoms. The van der Waals surface area contributed by atoms with Gasteiger partial charge in [-0.15, -0.1) is 11.6 Å². The van der Waals surface area contributed by atoms with E-state index in [2.05, 4.69) is 0 Å². The van der Waals surface area contributed by atoms with E-state index in [1.54, 1.807) is 0 Å². The van der Waals surface area contributed by atoms with Crippen molar-refractivity contribution >= 4 is 44.6 Å². The first kappa shape index (κ1) is 25.0. The maximum absolute atomic E-state index is 12.9. The van der Waals surface area contributed by atoms with Crippen LogP contribution in [0.25, 0.3) is 0 Å². The van der Waals surface area contributed by atoms with Crippen molar-refractivity contribution in [2.75, 3.05) is 32.8 Å². The lowest BCUT2D eigenvalue weighted by Gasteiger charge is -2.14. The van der Waals surface area contributed by atoms with Gasteiger partial charge in [-0.25, -0.2) is 8.42 Å². The molecule has 0 radical (unpaired) electrons. The van der Waals surface area contributed by atoms with Crippen LogP contribution in [0, 0.1) is 0 Å². The van der Waals surface area contributed by atoms with Crippen molar-refractivity contribution in [3.63, 3.8) is 0 Å². The summed E-state index contributed by atoms with van der Waals surface area (Å²) in [5, 5.41) is 19.0. The molecule has 7 nitrogen and oxygen atoms in total. The zero-order valence-corrected chi connectivity index (χ0v) is 19.0. The van der Waals surface area contributed by atoms with Gasteiger partial charge in [0, 0.05) is 7.11 Å². The van der Waals surface area contributed by atoms with E-state index in [4.69, 9.17) is 49.0 Å². The highest BCUT2D eigenvalue weighted by atomic mass is 35.5. The fourth-order valence-corrected chi connectivity index (χ4v) is 4.46. The van der Waals surface area contributed by atoms with Crippen molar-refractivity contribution in [2.45, 2.75) is 22.0 Å². The first-order valence-corrected chi connectivity index (χ1v) is 11.5. The van der Waals surface area contributed by atoms with E-state index in [1.165, 1.54) is 43.5 Å². The van der Waals surface area contributed by atoms with E-state index in [-0.39, 0.29) is 51.3 Å². The maximum atomic E-state index is 12.9. The molecule has 0 saturated heterocycles. The predicted molar refractivity (Wildman–Crippen MR) is 114 cm³/mol. The second kappa shape index (κ2) is 11.4. The van der Waals surface area contributed by atoms with E-state index in [0.717, 1.165) is 0 Å². The number of ether oxygens (including phenoxy) is 3. The highest BCUT2D eigenvalue weighted by Crippen LogP contribution is 2.37. The molecule has 30 heavy (non-hydrogen) atoms. The van der Waals surface area contributed by atoms with Gasteiger partial charge in [-0.2, -0.15) is 0 Å². The fraction of sp³-hybridized carbons (Fsp3) is 0.368. The number of sulfone groups is 1. The SMILES string of the molecule is COC[C@@H](O)COc1ccc(S(=O)(=O)c2cc(Cl)c(OC[C@@H](O)CCl)c(Cl)c2)cc1. The van der Waals surface area contributed by atoms with Gasteiger partial charge in [-0.1, -0.05) is 23.2 Å². The van der Waals surface area contributed by atoms with Gasteiger partial charge in [0.1, 0.15) is 31.2 Å². The highest BCUT2D eigenvalue weighted by molar-refractivity contribution is 7.91. The monoisotopic (exact) mass is 498 g/mol. The zero-order valence-electron chi connectivity index (χ0n) is 15.9. The van der Waals surface area contributed by atoms with Crippen molar-refractivity contribution in [2.24, 2.45) is 0 Å². The van der Waals surface area contributed by atoms with Crippen LogP contribution in [-0.2, 0) is 14.6 Å². The third kappa shape index (κ3) is 6.62. The summed E-state index contributed by atoms with van der Waals surface area (Å²) in [7, 11) is -2.45. The Morgan fingerprint density at radius 1 is 0.900 bits per heavy atom. The Hall–Kier alpha value is -1.26. The molecule has 0 aliphatic heterocycles. The molecule has 11 heteroatoms. The molecule has 0 aliphatic carbocycles. The molecule has 2 aromatic rings. The van der Waals surface area contributed by atoms with Crippen LogP contribution in [0.3, 0.4) is 0 Å². The minimum Gasteiger partial charge on any atom is -0.491 e. The van der Waals surface area contributed by atoms with Gasteiger partial charge in [0.25, 0.3) is 0 Å². The molecule has 0 spiro atoms. The molecule has 0 aliphatic rings. The number of halogens is 3. The Bertz CT molecular complexity index is 913. The van der Waals surface area contributed by atoms with Gasteiger partial charge < -0.3 is 24.4 Å². The molecule has 2 N–H and O–H groups in total. The Kier molecular flexibility index (Phi) is 9.49. The van der Waals surface area contributed by atoms with E-state index in [9.17, 15) is 18.6 Å². The molecule has 0 fully saturated rings. The first-order valence-electron chi connectivity index (χ1n) is 8.69. The number of methoxy groups -OCH3 is 1. The average molecular weight is 500 g/mol. The molecule has 2 atom stereocenters. The van der Waals surface area contributed by atoms with Crippen molar-refractivity contribution < 1.29 is 32.8 Å². The molecular formula is C19H21Cl3O7S. The summed E-state index contributed by atoms with van der Waals surface area (Å²) in [6, 6.07) is 8.13. The highest BCUT2D eigenvalue weighted by Gasteiger charge is 2.22. The van der Waals surface area contributed by atoms with Crippen molar-refractivity contribution in [1.29, 1.82) is 0 Å². The Labute approximate surface area is 190 Å². The van der Waals surface area contributed by atoms with Crippen molar-refractivity contribution in [1.82, 2.24) is 0 Å². The topological polar surface area (TPSA) is 102 Å². The van der Waals surface area contributed by atoms with Gasteiger partial charge in [-0.3, -0.25) is 0 Å². The fourth-order valence-electron chi connectivity index (χ4n) is 2.34. The summed E-state index contributed by atoms with van der Waals surface area (Å²) in [6.45, 7) is -0.0147. The summed E-state index contributed by atoms with van der Waals surface area (Å²) in [5.74, 6) is 0.411. The standard InChI is InChI=1S/C19H21Cl3O7S/c1-27-9-13(24)11-28-14-2-4-15(5-3-14)30(25,26)16-6-17(21)19(18(22)7-16)29-10-12(23)8-20/h2-7,12-13,23-24H,8-11H2,1H3/t12-,13+/m0/s1. The summed E-state index contributed by atoms with van der Waals surface area (Å²) in [4.78, 5) is -0.113. The lowest BCUT2D eigenvalue weighted by atomic mass is 10.3. The van der Waals surface area contributed by atoms with Crippen molar-refractivity contribution in [3.8, 4) is 11.5 Å². The van der Waals surface area contributed by atoms with Crippen LogP contribution >= 0.6 is 34.8 Å². The Morgan fingerprint density at radius 3 is 2.00 bits per heavy atom. The number of rotatable bonds is 11. The van der Waals surface area contributed by atoms with Gasteiger partial charge in [0.05, 0.1) is 32.3 Å². The van der Waals surface area contributed by atoms with E-state index < -0.39 is 22.0 Å². The largest absolute Gasteiger partial charge is 0.491 e. The minimum atomic E-state index is -3.91. The number of hydrogen-bond acceptors (Lipinski definition) is 7. The van der Waals surface area contributed by atoms with Crippen LogP contribution < -0.4 is 9.47 Å². The van der Waals surface area contributed by atoms with Gasteiger partial charge in [-0.05, 0) is 36.4 Å². The molecule has 0 aromatic heterocycles. The van der Waals surface area contributed by atoms with Gasteiger partial charge in [0.15, 0.2) is 5.75 Å². The molecule has 0 amide bonds. The Balaban J connectivity index is 2.18. The first-order chi connectivity index (χ1) is 14.2. The summed E-state index contributed by atoms with van der Waals surface area (Å²) < 4.78 is 41.4. The van der Waals surface area contributed by atoms with Gasteiger partial charge >= 0.3 is 0 Å². The van der Waals surface area contributed by atoms with Crippen LogP contribution in [0.1, 0.15) is 0 Å². The normalized spacial score (nSPS) is 13.7. The molecular weight excluding hydrogens is 479 g/mol. The molecule has 0 unspecified atom stereocenters. The quantitative estimate of drug-likeness (QED) is 0.458. The second-order valence-electron chi connectivity index (χ2n) is 6.23. The van der Waals surface area contributed by atoms with Gasteiger partial charge in [0.2, 0.25) is 9.84 Å². The number of benzene rings is 2. The Morgan fingerprint density at radius 2 is 1.47 bits per heavy atom. The van der Waals surface area contributed by atoms with Crippen LogP contribution in [0.15, 0.2) is 46.2 Å². The van der Waals surface area contributed by atoms with Crippen LogP contribution in [0.5, 0.6) is 11.5 Å². The summed E-state index contributed by atoms with van der Waals surface area (Å²) >= 11 is 17.8. The smallest absolute Gasteiger partial charge is 0.206 e. The summed E-state index contributed by atoms with van der Waals surface area (Å²) in [5.41, 5.74) is 0. The maximum Gasteiger partial charge on any atom is 0.206 e. The van der Waals surface area contributed by atoms with E-state index >= 15 is 0 Å². The predicted octanol–water partition coefficient (Wildman–Crippen LogP) is 3.19. The third-order valence-electron chi connectivity index (χ3n) is 3.82. The van der Waals surface area contributed by atoms with Crippen molar-refractivity contribution in [3.05, 3.63) is 46.4 Å². The second-order valence-corrected chi connectivity index (χ2v) is 9.30.